The standard InChI is InChI=1S/C22H17FN4O2/c23-18-10-3-1-8-16(18)22(29)25-15-7-5-6-14(12-15)13-27-19-11-4-2-9-17(19)20(26-27)21(24)28/h1-12H,13H2,(H2,24,28)(H,25,29). The average molecular weight is 388 g/mol. The minimum absolute atomic E-state index is 0.0259. The van der Waals surface area contributed by atoms with Gasteiger partial charge in [-0.2, -0.15) is 5.10 Å². The molecule has 0 aliphatic heterocycles. The number of nitrogens with one attached hydrogen (secondary N) is 1. The van der Waals surface area contributed by atoms with Crippen molar-refractivity contribution in [3.8, 4) is 0 Å². The van der Waals surface area contributed by atoms with E-state index >= 15 is 0 Å². The van der Waals surface area contributed by atoms with Crippen molar-refractivity contribution in [2.75, 3.05) is 5.32 Å². The summed E-state index contributed by atoms with van der Waals surface area (Å²) in [4.78, 5) is 24.0. The van der Waals surface area contributed by atoms with Gasteiger partial charge in [0, 0.05) is 11.1 Å². The monoisotopic (exact) mass is 388 g/mol. The molecule has 0 saturated carbocycles. The fourth-order valence-corrected chi connectivity index (χ4v) is 3.19. The zero-order valence-corrected chi connectivity index (χ0v) is 15.3. The minimum Gasteiger partial charge on any atom is -0.364 e. The van der Waals surface area contributed by atoms with Gasteiger partial charge in [0.1, 0.15) is 5.82 Å². The van der Waals surface area contributed by atoms with E-state index in [4.69, 9.17) is 5.73 Å². The molecule has 0 radical (unpaired) electrons. The maximum absolute atomic E-state index is 13.8. The number of carbonyl (C=O) groups excluding carboxylic acids is 2. The Morgan fingerprint density at radius 1 is 1.00 bits per heavy atom. The molecule has 0 saturated heterocycles. The summed E-state index contributed by atoms with van der Waals surface area (Å²) in [6.45, 7) is 0.372. The molecule has 2 amide bonds. The van der Waals surface area contributed by atoms with Gasteiger partial charge in [0.2, 0.25) is 0 Å². The second-order valence-electron chi connectivity index (χ2n) is 6.52. The SMILES string of the molecule is NC(=O)c1nn(Cc2cccc(NC(=O)c3ccccc3F)c2)c2ccccc12. The van der Waals surface area contributed by atoms with E-state index < -0.39 is 17.6 Å². The highest BCUT2D eigenvalue weighted by molar-refractivity contribution is 6.05. The summed E-state index contributed by atoms with van der Waals surface area (Å²) in [5, 5.41) is 7.73. The van der Waals surface area contributed by atoms with Gasteiger partial charge < -0.3 is 11.1 Å². The summed E-state index contributed by atoms with van der Waals surface area (Å²) in [6, 6.07) is 20.3. The quantitative estimate of drug-likeness (QED) is 0.548. The number of hydrogen-bond acceptors (Lipinski definition) is 3. The molecule has 0 spiro atoms. The third-order valence-electron chi connectivity index (χ3n) is 4.53. The number of halogens is 1. The van der Waals surface area contributed by atoms with Crippen LogP contribution in [0.25, 0.3) is 10.9 Å². The van der Waals surface area contributed by atoms with Crippen LogP contribution in [0.2, 0.25) is 0 Å². The highest BCUT2D eigenvalue weighted by Gasteiger charge is 2.15. The van der Waals surface area contributed by atoms with Crippen LogP contribution in [-0.2, 0) is 6.54 Å². The Bertz CT molecular complexity index is 1230. The number of nitrogens with zero attached hydrogens (tertiary/aromatic N) is 2. The molecular formula is C22H17FN4O2. The van der Waals surface area contributed by atoms with Crippen molar-refractivity contribution in [1.29, 1.82) is 0 Å². The predicted octanol–water partition coefficient (Wildman–Crippen LogP) is 3.57. The first-order chi connectivity index (χ1) is 14.0. The molecule has 4 rings (SSSR count). The van der Waals surface area contributed by atoms with E-state index in [9.17, 15) is 14.0 Å². The molecule has 0 bridgehead atoms. The van der Waals surface area contributed by atoms with Crippen LogP contribution in [0.4, 0.5) is 10.1 Å². The van der Waals surface area contributed by atoms with Crippen LogP contribution < -0.4 is 11.1 Å². The van der Waals surface area contributed by atoms with Gasteiger partial charge in [0.05, 0.1) is 17.6 Å². The third kappa shape index (κ3) is 3.70. The van der Waals surface area contributed by atoms with Gasteiger partial charge in [-0.3, -0.25) is 14.3 Å². The maximum atomic E-state index is 13.8. The van der Waals surface area contributed by atoms with E-state index in [0.29, 0.717) is 17.6 Å². The van der Waals surface area contributed by atoms with Gasteiger partial charge in [0.15, 0.2) is 5.69 Å². The van der Waals surface area contributed by atoms with E-state index in [0.717, 1.165) is 11.1 Å². The predicted molar refractivity (Wildman–Crippen MR) is 108 cm³/mol. The molecule has 4 aromatic rings. The molecule has 3 aromatic carbocycles. The number of fused-ring (bicyclic) bond motifs is 1. The fraction of sp³-hybridized carbons (Fsp3) is 0.0455. The molecule has 1 aromatic heterocycles. The van der Waals surface area contributed by atoms with Gasteiger partial charge in [0.25, 0.3) is 11.8 Å². The van der Waals surface area contributed by atoms with Crippen molar-refractivity contribution in [3.05, 3.63) is 95.4 Å². The smallest absolute Gasteiger partial charge is 0.269 e. The van der Waals surface area contributed by atoms with Crippen molar-refractivity contribution in [1.82, 2.24) is 9.78 Å². The summed E-state index contributed by atoms with van der Waals surface area (Å²) in [5.41, 5.74) is 7.78. The Morgan fingerprint density at radius 2 is 1.76 bits per heavy atom. The van der Waals surface area contributed by atoms with Gasteiger partial charge in [-0.05, 0) is 35.9 Å². The van der Waals surface area contributed by atoms with Crippen LogP contribution in [-0.4, -0.2) is 21.6 Å². The largest absolute Gasteiger partial charge is 0.364 e. The van der Waals surface area contributed by atoms with E-state index in [1.807, 2.05) is 24.3 Å². The molecule has 29 heavy (non-hydrogen) atoms. The van der Waals surface area contributed by atoms with Gasteiger partial charge in [-0.15, -0.1) is 0 Å². The summed E-state index contributed by atoms with van der Waals surface area (Å²) < 4.78 is 15.5. The number of aromatic nitrogens is 2. The van der Waals surface area contributed by atoms with Crippen molar-refractivity contribution in [2.24, 2.45) is 5.73 Å². The van der Waals surface area contributed by atoms with E-state index in [2.05, 4.69) is 10.4 Å². The third-order valence-corrected chi connectivity index (χ3v) is 4.53. The van der Waals surface area contributed by atoms with E-state index in [1.54, 1.807) is 35.0 Å². The number of nitrogens with two attached hydrogens (primary N) is 1. The van der Waals surface area contributed by atoms with Crippen LogP contribution in [0.3, 0.4) is 0 Å². The highest BCUT2D eigenvalue weighted by Crippen LogP contribution is 2.20. The van der Waals surface area contributed by atoms with Crippen molar-refractivity contribution < 1.29 is 14.0 Å². The average Bonchev–Trinajstić information content (AvgIpc) is 3.07. The number of anilines is 1. The highest BCUT2D eigenvalue weighted by atomic mass is 19.1. The lowest BCUT2D eigenvalue weighted by atomic mass is 10.1. The van der Waals surface area contributed by atoms with Gasteiger partial charge in [-0.1, -0.05) is 42.5 Å². The van der Waals surface area contributed by atoms with Crippen LogP contribution in [0.5, 0.6) is 0 Å². The first-order valence-corrected chi connectivity index (χ1v) is 8.93. The molecule has 0 atom stereocenters. The number of primary amides is 1. The lowest BCUT2D eigenvalue weighted by Gasteiger charge is -2.09. The number of hydrogen-bond donors (Lipinski definition) is 2. The first-order valence-electron chi connectivity index (χ1n) is 8.93. The zero-order valence-electron chi connectivity index (χ0n) is 15.3. The second kappa shape index (κ2) is 7.55. The molecule has 0 fully saturated rings. The van der Waals surface area contributed by atoms with Crippen LogP contribution >= 0.6 is 0 Å². The number of benzene rings is 3. The lowest BCUT2D eigenvalue weighted by Crippen LogP contribution is -2.14. The summed E-state index contributed by atoms with van der Waals surface area (Å²) in [5.74, 6) is -1.70. The first kappa shape index (κ1) is 18.4. The fourth-order valence-electron chi connectivity index (χ4n) is 3.19. The van der Waals surface area contributed by atoms with Crippen LogP contribution in [0.1, 0.15) is 26.4 Å². The molecule has 0 unspecified atom stereocenters. The molecule has 3 N–H and O–H groups in total. The Kier molecular flexibility index (Phi) is 4.78. The molecular weight excluding hydrogens is 371 g/mol. The number of para-hydroxylation sites is 1. The van der Waals surface area contributed by atoms with E-state index in [-0.39, 0.29) is 11.3 Å². The number of carbonyl (C=O) groups is 2. The van der Waals surface area contributed by atoms with Crippen LogP contribution in [0, 0.1) is 5.82 Å². The molecule has 0 aliphatic carbocycles. The Morgan fingerprint density at radius 3 is 2.55 bits per heavy atom. The Balaban J connectivity index is 1.60. The minimum atomic E-state index is -0.592. The molecule has 0 aliphatic rings. The maximum Gasteiger partial charge on any atom is 0.269 e. The molecule has 144 valence electrons. The topological polar surface area (TPSA) is 90.0 Å². The Labute approximate surface area is 165 Å². The summed E-state index contributed by atoms with van der Waals surface area (Å²) in [6.07, 6.45) is 0. The normalized spacial score (nSPS) is 10.8. The second-order valence-corrected chi connectivity index (χ2v) is 6.52. The van der Waals surface area contributed by atoms with Gasteiger partial charge >= 0.3 is 0 Å². The lowest BCUT2D eigenvalue weighted by molar-refractivity contribution is 0.0993. The van der Waals surface area contributed by atoms with Crippen LogP contribution in [0.15, 0.2) is 72.8 Å². The van der Waals surface area contributed by atoms with E-state index in [1.165, 1.54) is 18.2 Å². The Hall–Kier alpha value is -4.00. The number of amides is 2. The summed E-state index contributed by atoms with van der Waals surface area (Å²) >= 11 is 0. The molecule has 1 heterocycles. The van der Waals surface area contributed by atoms with Crippen molar-refractivity contribution in [2.45, 2.75) is 6.54 Å². The van der Waals surface area contributed by atoms with Crippen molar-refractivity contribution >= 4 is 28.4 Å². The summed E-state index contributed by atoms with van der Waals surface area (Å²) in [7, 11) is 0. The zero-order chi connectivity index (χ0) is 20.4. The molecule has 7 heteroatoms. The van der Waals surface area contributed by atoms with Crippen molar-refractivity contribution in [3.63, 3.8) is 0 Å². The number of rotatable bonds is 5. The molecule has 6 nitrogen and oxygen atoms in total. The van der Waals surface area contributed by atoms with Gasteiger partial charge in [-0.25, -0.2) is 4.39 Å².